The first-order valence-electron chi connectivity index (χ1n) is 3.18. The molecule has 10 heavy (non-hydrogen) atoms. The molecule has 2 N–H and O–H groups in total. The Morgan fingerprint density at radius 1 is 1.40 bits per heavy atom. The Morgan fingerprint density at radius 2 is 2.00 bits per heavy atom. The lowest BCUT2D eigenvalue weighted by Crippen LogP contribution is -2.34. The second kappa shape index (κ2) is 4.78. The zero-order valence-corrected chi connectivity index (χ0v) is 6.23. The second-order valence-corrected chi connectivity index (χ2v) is 1.80. The van der Waals surface area contributed by atoms with Gasteiger partial charge in [0.25, 0.3) is 0 Å². The molecule has 0 aromatic carbocycles. The summed E-state index contributed by atoms with van der Waals surface area (Å²) < 4.78 is 0. The maximum Gasteiger partial charge on any atom is 0.239 e. The fourth-order valence-electron chi connectivity index (χ4n) is 0.392. The highest BCUT2D eigenvalue weighted by Gasteiger charge is 1.99. The highest BCUT2D eigenvalue weighted by atomic mass is 16.2. The number of carbonyl (C=O) groups excluding carboxylic acids is 2. The van der Waals surface area contributed by atoms with Crippen molar-refractivity contribution in [3.05, 3.63) is 0 Å². The Hall–Kier alpha value is -1.06. The summed E-state index contributed by atoms with van der Waals surface area (Å²) in [5, 5.41) is 4.82. The van der Waals surface area contributed by atoms with Gasteiger partial charge >= 0.3 is 0 Å². The summed E-state index contributed by atoms with van der Waals surface area (Å²) in [5.74, 6) is -0.287. The van der Waals surface area contributed by atoms with Crippen LogP contribution in [0.4, 0.5) is 0 Å². The van der Waals surface area contributed by atoms with Gasteiger partial charge in [-0.25, -0.2) is 0 Å². The topological polar surface area (TPSA) is 58.2 Å². The minimum absolute atomic E-state index is 0. The average molecular weight is 148 g/mol. The largest absolute Gasteiger partial charge is 0.358 e. The maximum absolute atomic E-state index is 10.5. The van der Waals surface area contributed by atoms with E-state index < -0.39 is 0 Å². The second-order valence-electron chi connectivity index (χ2n) is 1.80. The van der Waals surface area contributed by atoms with E-state index in [2.05, 4.69) is 10.6 Å². The quantitative estimate of drug-likeness (QED) is 0.580. The van der Waals surface area contributed by atoms with E-state index in [-0.39, 0.29) is 21.2 Å². The first-order valence-corrected chi connectivity index (χ1v) is 3.18. The molecule has 0 aromatic rings. The third kappa shape index (κ3) is 3.88. The van der Waals surface area contributed by atoms with Crippen LogP contribution >= 0.6 is 0 Å². The van der Waals surface area contributed by atoms with Gasteiger partial charge in [-0.05, 0) is 0 Å². The number of rotatable bonds is 3. The Labute approximate surface area is 63.0 Å². The van der Waals surface area contributed by atoms with Gasteiger partial charge in [0.2, 0.25) is 11.8 Å². The molecule has 0 fully saturated rings. The van der Waals surface area contributed by atoms with Crippen LogP contribution in [0.25, 0.3) is 0 Å². The molecule has 0 aromatic heterocycles. The zero-order valence-electron chi connectivity index (χ0n) is 6.23. The van der Waals surface area contributed by atoms with Gasteiger partial charge in [0.05, 0.1) is 6.54 Å². The molecule has 0 saturated heterocycles. The van der Waals surface area contributed by atoms with Crippen molar-refractivity contribution in [2.75, 3.05) is 13.6 Å². The Morgan fingerprint density at radius 3 is 2.40 bits per heavy atom. The Kier molecular flexibility index (Phi) is 4.28. The van der Waals surface area contributed by atoms with Gasteiger partial charge < -0.3 is 10.6 Å². The van der Waals surface area contributed by atoms with Crippen LogP contribution in [-0.2, 0) is 9.59 Å². The SMILES string of the molecule is CCC(=O)NCC(=O)NC.[HH].[HH]. The smallest absolute Gasteiger partial charge is 0.239 e. The molecule has 2 amide bonds. The molecule has 0 rings (SSSR count). The fourth-order valence-corrected chi connectivity index (χ4v) is 0.392. The van der Waals surface area contributed by atoms with Crippen molar-refractivity contribution in [1.29, 1.82) is 0 Å². The number of carbonyl (C=O) groups is 2. The van der Waals surface area contributed by atoms with Crippen molar-refractivity contribution in [1.82, 2.24) is 10.6 Å². The van der Waals surface area contributed by atoms with Crippen molar-refractivity contribution >= 4 is 11.8 Å². The molecule has 0 bridgehead atoms. The van der Waals surface area contributed by atoms with E-state index in [1.165, 1.54) is 7.05 Å². The van der Waals surface area contributed by atoms with E-state index in [1.54, 1.807) is 6.92 Å². The van der Waals surface area contributed by atoms with Gasteiger partial charge in [-0.1, -0.05) is 6.92 Å². The molecule has 62 valence electrons. The van der Waals surface area contributed by atoms with Crippen LogP contribution in [-0.4, -0.2) is 25.4 Å². The first-order chi connectivity index (χ1) is 4.70. The molecule has 0 radical (unpaired) electrons. The summed E-state index contributed by atoms with van der Waals surface area (Å²) in [6.07, 6.45) is 0.414. The number of hydrogen-bond acceptors (Lipinski definition) is 2. The van der Waals surface area contributed by atoms with Crippen LogP contribution < -0.4 is 10.6 Å². The van der Waals surface area contributed by atoms with Crippen LogP contribution in [0, 0.1) is 0 Å². The van der Waals surface area contributed by atoms with Gasteiger partial charge in [0.1, 0.15) is 0 Å². The van der Waals surface area contributed by atoms with E-state index in [9.17, 15) is 9.59 Å². The van der Waals surface area contributed by atoms with Crippen molar-refractivity contribution in [2.24, 2.45) is 0 Å². The zero-order chi connectivity index (χ0) is 7.98. The van der Waals surface area contributed by atoms with Gasteiger partial charge in [0, 0.05) is 16.3 Å². The van der Waals surface area contributed by atoms with Crippen LogP contribution in [0.3, 0.4) is 0 Å². The molecule has 0 aliphatic carbocycles. The van der Waals surface area contributed by atoms with E-state index >= 15 is 0 Å². The number of likely N-dealkylation sites (N-methyl/N-ethyl adjacent to an activating group) is 1. The predicted molar refractivity (Wildman–Crippen MR) is 41.6 cm³/mol. The molecule has 0 atom stereocenters. The summed E-state index contributed by atoms with van der Waals surface area (Å²) in [5.41, 5.74) is 0. The fraction of sp³-hybridized carbons (Fsp3) is 0.667. The van der Waals surface area contributed by atoms with Gasteiger partial charge in [0.15, 0.2) is 0 Å². The average Bonchev–Trinajstić information content (AvgIpc) is 1.99. The van der Waals surface area contributed by atoms with E-state index in [4.69, 9.17) is 0 Å². The summed E-state index contributed by atoms with van der Waals surface area (Å²) in [6, 6.07) is 0. The number of nitrogens with one attached hydrogen (secondary N) is 2. The standard InChI is InChI=1S/C6H12N2O2.2H2/c1-3-5(9)8-4-6(10)7-2;;/h3-4H2,1-2H3,(H,7,10)(H,8,9);2*1H. The van der Waals surface area contributed by atoms with Gasteiger partial charge in [-0.3, -0.25) is 9.59 Å². The van der Waals surface area contributed by atoms with Crippen molar-refractivity contribution in [3.8, 4) is 0 Å². The van der Waals surface area contributed by atoms with Crippen LogP contribution in [0.5, 0.6) is 0 Å². The molecule has 0 unspecified atom stereocenters. The molecule has 0 aliphatic rings. The molecule has 0 spiro atoms. The maximum atomic E-state index is 10.5. The molecule has 4 nitrogen and oxygen atoms in total. The van der Waals surface area contributed by atoms with Gasteiger partial charge in [-0.2, -0.15) is 0 Å². The van der Waals surface area contributed by atoms with Crippen LogP contribution in [0.15, 0.2) is 0 Å². The lowest BCUT2D eigenvalue weighted by Gasteiger charge is -2.00. The molecule has 0 saturated carbocycles. The van der Waals surface area contributed by atoms with Crippen LogP contribution in [0.1, 0.15) is 16.2 Å². The third-order valence-corrected chi connectivity index (χ3v) is 1.05. The minimum Gasteiger partial charge on any atom is -0.358 e. The minimum atomic E-state index is -0.179. The highest BCUT2D eigenvalue weighted by molar-refractivity contribution is 5.84. The van der Waals surface area contributed by atoms with Crippen molar-refractivity contribution in [3.63, 3.8) is 0 Å². The van der Waals surface area contributed by atoms with Crippen molar-refractivity contribution < 1.29 is 12.4 Å². The van der Waals surface area contributed by atoms with E-state index in [0.717, 1.165) is 0 Å². The molecule has 0 aliphatic heterocycles. The van der Waals surface area contributed by atoms with E-state index in [1.807, 2.05) is 0 Å². The lowest BCUT2D eigenvalue weighted by molar-refractivity contribution is -0.125. The summed E-state index contributed by atoms with van der Waals surface area (Å²) in [6.45, 7) is 1.81. The summed E-state index contributed by atoms with van der Waals surface area (Å²) >= 11 is 0. The van der Waals surface area contributed by atoms with Crippen LogP contribution in [0.2, 0.25) is 0 Å². The monoisotopic (exact) mass is 148 g/mol. The highest BCUT2D eigenvalue weighted by Crippen LogP contribution is 1.72. The first kappa shape index (κ1) is 8.94. The molecular weight excluding hydrogens is 132 g/mol. The molecule has 0 heterocycles. The summed E-state index contributed by atoms with van der Waals surface area (Å²) in [7, 11) is 1.53. The van der Waals surface area contributed by atoms with Crippen molar-refractivity contribution in [2.45, 2.75) is 13.3 Å². The molecule has 4 heteroatoms. The molecular formula is C6H16N2O2. The number of amides is 2. The summed E-state index contributed by atoms with van der Waals surface area (Å²) in [4.78, 5) is 21.0. The third-order valence-electron chi connectivity index (χ3n) is 1.05. The predicted octanol–water partition coefficient (Wildman–Crippen LogP) is -0.249. The number of hydrogen-bond donors (Lipinski definition) is 2. The Balaban J connectivity index is -0.000000405. The lowest BCUT2D eigenvalue weighted by atomic mass is 10.4. The Bertz CT molecular complexity index is 126. The van der Waals surface area contributed by atoms with E-state index in [0.29, 0.717) is 6.42 Å². The normalized spacial score (nSPS) is 8.60. The van der Waals surface area contributed by atoms with Gasteiger partial charge in [-0.15, -0.1) is 0 Å².